The van der Waals surface area contributed by atoms with E-state index in [1.165, 1.54) is 17.3 Å². The van der Waals surface area contributed by atoms with Gasteiger partial charge in [-0.2, -0.15) is 0 Å². The summed E-state index contributed by atoms with van der Waals surface area (Å²) >= 11 is 12.5. The lowest BCUT2D eigenvalue weighted by molar-refractivity contribution is 0.665. The number of aromatic nitrogens is 4. The molecule has 0 aliphatic rings. The Hall–Kier alpha value is -0.260. The molecule has 0 aliphatic carbocycles. The van der Waals surface area contributed by atoms with E-state index in [1.54, 1.807) is 11.7 Å². The smallest absolute Gasteiger partial charge is 0.209 e. The summed E-state index contributed by atoms with van der Waals surface area (Å²) in [5.74, 6) is 0.583. The van der Waals surface area contributed by atoms with E-state index in [4.69, 9.17) is 23.2 Å². The van der Waals surface area contributed by atoms with Crippen LogP contribution in [0.5, 0.6) is 0 Å². The summed E-state index contributed by atoms with van der Waals surface area (Å²) in [5, 5.41) is 12.2. The second-order valence-electron chi connectivity index (χ2n) is 1.93. The summed E-state index contributed by atoms with van der Waals surface area (Å²) in [4.78, 5) is 0. The van der Waals surface area contributed by atoms with Gasteiger partial charge in [-0.25, -0.2) is 4.68 Å². The molecule has 0 bridgehead atoms. The van der Waals surface area contributed by atoms with Gasteiger partial charge in [0.1, 0.15) is 0 Å². The first-order valence-electron chi connectivity index (χ1n) is 3.04. The summed E-state index contributed by atoms with van der Waals surface area (Å²) in [7, 11) is 1.76. The van der Waals surface area contributed by atoms with Gasteiger partial charge in [-0.05, 0) is 10.4 Å². The molecule has 0 aliphatic heterocycles. The van der Waals surface area contributed by atoms with E-state index in [1.807, 2.05) is 0 Å². The van der Waals surface area contributed by atoms with Crippen LogP contribution in [-0.2, 0) is 7.05 Å². The minimum atomic E-state index is 0.574. The van der Waals surface area contributed by atoms with Gasteiger partial charge in [0.05, 0.1) is 0 Å². The third-order valence-electron chi connectivity index (χ3n) is 1.04. The van der Waals surface area contributed by atoms with Crippen molar-refractivity contribution in [2.75, 3.05) is 5.75 Å². The van der Waals surface area contributed by atoms with Crippen LogP contribution in [0.15, 0.2) is 15.7 Å². The molecule has 1 aromatic heterocycles. The molecule has 0 aromatic carbocycles. The van der Waals surface area contributed by atoms with Crippen LogP contribution in [0.2, 0.25) is 0 Å². The van der Waals surface area contributed by atoms with E-state index in [9.17, 15) is 0 Å². The third kappa shape index (κ3) is 2.66. The molecule has 12 heavy (non-hydrogen) atoms. The van der Waals surface area contributed by atoms with Crippen LogP contribution >= 0.6 is 35.0 Å². The third-order valence-corrected chi connectivity index (χ3v) is 2.87. The van der Waals surface area contributed by atoms with Crippen LogP contribution < -0.4 is 0 Å². The van der Waals surface area contributed by atoms with E-state index < -0.39 is 0 Å². The topological polar surface area (TPSA) is 43.6 Å². The number of aryl methyl sites for hydroxylation is 1. The fourth-order valence-electron chi connectivity index (χ4n) is 0.509. The minimum absolute atomic E-state index is 0.574. The highest BCUT2D eigenvalue weighted by Crippen LogP contribution is 2.18. The van der Waals surface area contributed by atoms with Gasteiger partial charge in [0, 0.05) is 23.4 Å². The molecule has 0 unspecified atom stereocenters. The van der Waals surface area contributed by atoms with E-state index >= 15 is 0 Å². The predicted octanol–water partition coefficient (Wildman–Crippen LogP) is 1.62. The summed E-state index contributed by atoms with van der Waals surface area (Å²) in [5.41, 5.74) is 1.33. The highest BCUT2D eigenvalue weighted by atomic mass is 35.5. The van der Waals surface area contributed by atoms with Crippen molar-refractivity contribution in [2.45, 2.75) is 5.16 Å². The Balaban J connectivity index is 2.49. The fourth-order valence-corrected chi connectivity index (χ4v) is 1.51. The van der Waals surface area contributed by atoms with E-state index in [0.29, 0.717) is 15.9 Å². The first-order chi connectivity index (χ1) is 5.74. The zero-order valence-corrected chi connectivity index (χ0v) is 8.57. The molecule has 0 saturated heterocycles. The Morgan fingerprint density at radius 2 is 2.50 bits per heavy atom. The normalized spacial score (nSPS) is 12.1. The molecule has 66 valence electrons. The van der Waals surface area contributed by atoms with Crippen molar-refractivity contribution >= 4 is 35.0 Å². The van der Waals surface area contributed by atoms with Crippen LogP contribution in [0.4, 0.5) is 0 Å². The minimum Gasteiger partial charge on any atom is -0.224 e. The Kier molecular flexibility index (Phi) is 3.84. The van der Waals surface area contributed by atoms with Crippen LogP contribution in [0.1, 0.15) is 0 Å². The molecular weight excluding hydrogens is 219 g/mol. The van der Waals surface area contributed by atoms with Crippen LogP contribution in [0, 0.1) is 0 Å². The molecule has 1 rings (SSSR count). The van der Waals surface area contributed by atoms with E-state index in [-0.39, 0.29) is 0 Å². The van der Waals surface area contributed by atoms with Crippen molar-refractivity contribution in [1.82, 2.24) is 20.2 Å². The quantitative estimate of drug-likeness (QED) is 0.733. The number of hydrogen-bond donors (Lipinski definition) is 0. The Morgan fingerprint density at radius 1 is 1.75 bits per heavy atom. The average molecular weight is 225 g/mol. The van der Waals surface area contributed by atoms with E-state index in [2.05, 4.69) is 15.5 Å². The molecule has 4 nitrogen and oxygen atoms in total. The van der Waals surface area contributed by atoms with Gasteiger partial charge in [-0.1, -0.05) is 35.0 Å². The first-order valence-corrected chi connectivity index (χ1v) is 4.84. The van der Waals surface area contributed by atoms with Crippen molar-refractivity contribution in [2.24, 2.45) is 7.05 Å². The summed E-state index contributed by atoms with van der Waals surface area (Å²) in [6.45, 7) is 0. The van der Waals surface area contributed by atoms with Crippen molar-refractivity contribution in [1.29, 1.82) is 0 Å². The van der Waals surface area contributed by atoms with Crippen molar-refractivity contribution in [3.05, 3.63) is 10.6 Å². The zero-order chi connectivity index (χ0) is 8.97. The lowest BCUT2D eigenvalue weighted by Crippen LogP contribution is -1.93. The molecule has 0 amide bonds. The maximum atomic E-state index is 5.66. The van der Waals surface area contributed by atoms with E-state index in [0.717, 1.165) is 0 Å². The maximum Gasteiger partial charge on any atom is 0.209 e. The van der Waals surface area contributed by atoms with Crippen LogP contribution in [0.25, 0.3) is 0 Å². The average Bonchev–Trinajstić information content (AvgIpc) is 2.47. The van der Waals surface area contributed by atoms with Gasteiger partial charge in [-0.3, -0.25) is 0 Å². The number of hydrogen-bond acceptors (Lipinski definition) is 4. The number of tetrazole rings is 1. The number of rotatable bonds is 3. The maximum absolute atomic E-state index is 5.66. The summed E-state index contributed by atoms with van der Waals surface area (Å²) in [6.07, 6.45) is 0. The predicted molar refractivity (Wildman–Crippen MR) is 49.3 cm³/mol. The SMILES string of the molecule is Cn1nnnc1SC/C(Cl)=C/Cl. The molecule has 0 atom stereocenters. The first kappa shape index (κ1) is 9.83. The second kappa shape index (κ2) is 4.69. The molecule has 0 N–H and O–H groups in total. The lowest BCUT2D eigenvalue weighted by atomic mass is 10.7. The molecule has 7 heteroatoms. The summed E-state index contributed by atoms with van der Waals surface area (Å²) in [6, 6.07) is 0. The molecule has 0 fully saturated rings. The molecule has 0 spiro atoms. The molecule has 0 saturated carbocycles. The molecular formula is C5H6Cl2N4S. The zero-order valence-electron chi connectivity index (χ0n) is 6.24. The number of nitrogens with zero attached hydrogens (tertiary/aromatic N) is 4. The number of halogens is 2. The second-order valence-corrected chi connectivity index (χ2v) is 3.58. The number of thioether (sulfide) groups is 1. The molecule has 1 heterocycles. The van der Waals surface area contributed by atoms with Crippen molar-refractivity contribution < 1.29 is 0 Å². The lowest BCUT2D eigenvalue weighted by Gasteiger charge is -1.95. The Morgan fingerprint density at radius 3 is 3.00 bits per heavy atom. The Labute approximate surface area is 83.9 Å². The van der Waals surface area contributed by atoms with Crippen molar-refractivity contribution in [3.8, 4) is 0 Å². The largest absolute Gasteiger partial charge is 0.224 e. The monoisotopic (exact) mass is 224 g/mol. The van der Waals surface area contributed by atoms with Crippen LogP contribution in [0.3, 0.4) is 0 Å². The van der Waals surface area contributed by atoms with Gasteiger partial charge in [-0.15, -0.1) is 5.10 Å². The standard InChI is InChI=1S/C5H6Cl2N4S/c1-11-5(8-9-10-11)12-3-4(7)2-6/h2H,3H2,1H3/b4-2-. The van der Waals surface area contributed by atoms with Gasteiger partial charge in [0.2, 0.25) is 5.16 Å². The van der Waals surface area contributed by atoms with Gasteiger partial charge < -0.3 is 0 Å². The summed E-state index contributed by atoms with van der Waals surface area (Å²) < 4.78 is 1.57. The van der Waals surface area contributed by atoms with Crippen LogP contribution in [-0.4, -0.2) is 26.0 Å². The van der Waals surface area contributed by atoms with Gasteiger partial charge >= 0.3 is 0 Å². The highest BCUT2D eigenvalue weighted by molar-refractivity contribution is 7.99. The molecule has 0 radical (unpaired) electrons. The van der Waals surface area contributed by atoms with Crippen molar-refractivity contribution in [3.63, 3.8) is 0 Å². The van der Waals surface area contributed by atoms with Gasteiger partial charge in [0.25, 0.3) is 0 Å². The van der Waals surface area contributed by atoms with Gasteiger partial charge in [0.15, 0.2) is 0 Å². The molecule has 1 aromatic rings. The fraction of sp³-hybridized carbons (Fsp3) is 0.400. The highest BCUT2D eigenvalue weighted by Gasteiger charge is 2.02. The Bertz CT molecular complexity index is 285.